The van der Waals surface area contributed by atoms with Crippen LogP contribution in [0.25, 0.3) is 11.5 Å². The fourth-order valence-corrected chi connectivity index (χ4v) is 4.11. The lowest BCUT2D eigenvalue weighted by molar-refractivity contribution is 0.190. The highest BCUT2D eigenvalue weighted by molar-refractivity contribution is 9.10. The van der Waals surface area contributed by atoms with Gasteiger partial charge in [-0.2, -0.15) is 0 Å². The molecule has 1 aliphatic rings. The highest BCUT2D eigenvalue weighted by atomic mass is 79.9. The molecule has 1 aliphatic heterocycles. The number of aromatic nitrogens is 1. The van der Waals surface area contributed by atoms with Crippen LogP contribution in [0.4, 0.5) is 0 Å². The highest BCUT2D eigenvalue weighted by Crippen LogP contribution is 2.32. The fraction of sp³-hybridized carbons (Fsp3) is 0.348. The van der Waals surface area contributed by atoms with Gasteiger partial charge in [-0.15, -0.1) is 0 Å². The van der Waals surface area contributed by atoms with Crippen molar-refractivity contribution in [2.24, 2.45) is 0 Å². The predicted molar refractivity (Wildman–Crippen MR) is 118 cm³/mol. The first-order valence-electron chi connectivity index (χ1n) is 9.99. The summed E-state index contributed by atoms with van der Waals surface area (Å²) < 4.78 is 12.1. The van der Waals surface area contributed by atoms with Crippen molar-refractivity contribution in [3.8, 4) is 17.2 Å². The number of ether oxygens (including phenoxy) is 1. The van der Waals surface area contributed by atoms with Gasteiger partial charge in [-0.1, -0.05) is 46.3 Å². The van der Waals surface area contributed by atoms with E-state index in [-0.39, 0.29) is 0 Å². The molecule has 1 fully saturated rings. The van der Waals surface area contributed by atoms with Crippen molar-refractivity contribution < 1.29 is 9.15 Å². The molecule has 0 unspecified atom stereocenters. The molecule has 0 saturated carbocycles. The average molecular weight is 456 g/mol. The number of hydrogen-bond acceptors (Lipinski definition) is 5. The number of oxazole rings is 1. The Bertz CT molecular complexity index is 921. The van der Waals surface area contributed by atoms with Gasteiger partial charge in [0.2, 0.25) is 5.89 Å². The van der Waals surface area contributed by atoms with Crippen LogP contribution in [0.3, 0.4) is 0 Å². The predicted octanol–water partition coefficient (Wildman–Crippen LogP) is 4.87. The zero-order valence-corrected chi connectivity index (χ0v) is 18.2. The molecule has 1 N–H and O–H groups in total. The van der Waals surface area contributed by atoms with E-state index in [1.54, 1.807) is 13.4 Å². The molecule has 0 amide bonds. The van der Waals surface area contributed by atoms with Crippen LogP contribution in [0.15, 0.2) is 63.7 Å². The zero-order chi connectivity index (χ0) is 20.1. The quantitative estimate of drug-likeness (QED) is 0.550. The van der Waals surface area contributed by atoms with Crippen LogP contribution >= 0.6 is 15.9 Å². The van der Waals surface area contributed by atoms with E-state index in [0.29, 0.717) is 18.5 Å². The molecule has 3 aromatic rings. The Balaban J connectivity index is 1.28. The van der Waals surface area contributed by atoms with E-state index >= 15 is 0 Å². The standard InChI is InChI=1S/C23H26BrN3O2/c1-28-22-8-7-18(24)13-21(22)23-26-20(16-29-23)14-25-19-9-11-27(12-10-19)15-17-5-3-2-4-6-17/h2-8,13,16,19,25H,9-12,14-15H2,1H3. The van der Waals surface area contributed by atoms with Crippen LogP contribution in [0, 0.1) is 0 Å². The van der Waals surface area contributed by atoms with Gasteiger partial charge in [0.25, 0.3) is 0 Å². The van der Waals surface area contributed by atoms with Crippen LogP contribution in [0.5, 0.6) is 5.75 Å². The first-order valence-corrected chi connectivity index (χ1v) is 10.8. The lowest BCUT2D eigenvalue weighted by Gasteiger charge is -2.32. The van der Waals surface area contributed by atoms with E-state index in [9.17, 15) is 0 Å². The minimum Gasteiger partial charge on any atom is -0.496 e. The van der Waals surface area contributed by atoms with Gasteiger partial charge in [0.15, 0.2) is 0 Å². The number of benzene rings is 2. The van der Waals surface area contributed by atoms with E-state index in [2.05, 4.69) is 61.5 Å². The van der Waals surface area contributed by atoms with E-state index in [1.807, 2.05) is 18.2 Å². The molecule has 2 heterocycles. The third-order valence-electron chi connectivity index (χ3n) is 5.35. The second kappa shape index (κ2) is 9.57. The summed E-state index contributed by atoms with van der Waals surface area (Å²) >= 11 is 3.50. The molecule has 0 spiro atoms. The topological polar surface area (TPSA) is 50.5 Å². The molecule has 2 aromatic carbocycles. The lowest BCUT2D eigenvalue weighted by atomic mass is 10.0. The SMILES string of the molecule is COc1ccc(Br)cc1-c1nc(CNC2CCN(Cc3ccccc3)CC2)co1. The van der Waals surface area contributed by atoms with Gasteiger partial charge in [0.1, 0.15) is 12.0 Å². The van der Waals surface area contributed by atoms with Crippen LogP contribution in [-0.4, -0.2) is 36.1 Å². The summed E-state index contributed by atoms with van der Waals surface area (Å²) in [5, 5.41) is 3.64. The van der Waals surface area contributed by atoms with Crippen molar-refractivity contribution in [3.63, 3.8) is 0 Å². The van der Waals surface area contributed by atoms with Crippen molar-refractivity contribution in [1.29, 1.82) is 0 Å². The summed E-state index contributed by atoms with van der Waals surface area (Å²) in [4.78, 5) is 7.17. The summed E-state index contributed by atoms with van der Waals surface area (Å²) in [6, 6.07) is 17.0. The van der Waals surface area contributed by atoms with Crippen LogP contribution in [0.2, 0.25) is 0 Å². The second-order valence-electron chi connectivity index (χ2n) is 7.41. The van der Waals surface area contributed by atoms with Crippen molar-refractivity contribution in [1.82, 2.24) is 15.2 Å². The molecular weight excluding hydrogens is 430 g/mol. The maximum atomic E-state index is 5.71. The molecule has 5 nitrogen and oxygen atoms in total. The van der Waals surface area contributed by atoms with Gasteiger partial charge in [-0.3, -0.25) is 4.90 Å². The minimum atomic E-state index is 0.516. The molecule has 0 bridgehead atoms. The Morgan fingerprint density at radius 1 is 1.17 bits per heavy atom. The van der Waals surface area contributed by atoms with E-state index in [0.717, 1.165) is 54.0 Å². The van der Waals surface area contributed by atoms with Crippen LogP contribution in [-0.2, 0) is 13.1 Å². The van der Waals surface area contributed by atoms with E-state index < -0.39 is 0 Å². The van der Waals surface area contributed by atoms with Crippen LogP contribution in [0.1, 0.15) is 24.1 Å². The van der Waals surface area contributed by atoms with Crippen LogP contribution < -0.4 is 10.1 Å². The van der Waals surface area contributed by atoms with Gasteiger partial charge < -0.3 is 14.5 Å². The van der Waals surface area contributed by atoms with Gasteiger partial charge in [-0.25, -0.2) is 4.98 Å². The average Bonchev–Trinajstić information content (AvgIpc) is 3.23. The number of nitrogens with one attached hydrogen (secondary N) is 1. The minimum absolute atomic E-state index is 0.516. The smallest absolute Gasteiger partial charge is 0.229 e. The largest absolute Gasteiger partial charge is 0.496 e. The monoisotopic (exact) mass is 455 g/mol. The Morgan fingerprint density at radius 3 is 2.72 bits per heavy atom. The molecule has 6 heteroatoms. The Hall–Kier alpha value is -2.15. The van der Waals surface area contributed by atoms with E-state index in [4.69, 9.17) is 9.15 Å². The maximum Gasteiger partial charge on any atom is 0.229 e. The van der Waals surface area contributed by atoms with Crippen molar-refractivity contribution in [2.75, 3.05) is 20.2 Å². The Labute approximate surface area is 180 Å². The summed E-state index contributed by atoms with van der Waals surface area (Å²) in [6.45, 7) is 3.98. The number of rotatable bonds is 7. The summed E-state index contributed by atoms with van der Waals surface area (Å²) in [6.07, 6.45) is 4.03. The third-order valence-corrected chi connectivity index (χ3v) is 5.85. The number of piperidine rings is 1. The zero-order valence-electron chi connectivity index (χ0n) is 16.6. The molecule has 0 atom stereocenters. The summed E-state index contributed by atoms with van der Waals surface area (Å²) in [5.74, 6) is 1.33. The van der Waals surface area contributed by atoms with Gasteiger partial charge in [0, 0.05) is 23.6 Å². The molecule has 1 aromatic heterocycles. The summed E-state index contributed by atoms with van der Waals surface area (Å²) in [7, 11) is 1.66. The third kappa shape index (κ3) is 5.26. The number of nitrogens with zero attached hydrogens (tertiary/aromatic N) is 2. The Kier molecular flexibility index (Phi) is 6.64. The second-order valence-corrected chi connectivity index (χ2v) is 8.32. The molecule has 4 rings (SSSR count). The molecule has 1 saturated heterocycles. The molecule has 29 heavy (non-hydrogen) atoms. The van der Waals surface area contributed by atoms with Crippen molar-refractivity contribution in [3.05, 3.63) is 70.5 Å². The highest BCUT2D eigenvalue weighted by Gasteiger charge is 2.19. The number of methoxy groups -OCH3 is 1. The molecular formula is C23H26BrN3O2. The van der Waals surface area contributed by atoms with Gasteiger partial charge in [-0.05, 0) is 49.7 Å². The first kappa shape index (κ1) is 20.1. The summed E-state index contributed by atoms with van der Waals surface area (Å²) in [5.41, 5.74) is 3.15. The fourth-order valence-electron chi connectivity index (χ4n) is 3.74. The Morgan fingerprint density at radius 2 is 1.97 bits per heavy atom. The maximum absolute atomic E-state index is 5.71. The first-order chi connectivity index (χ1) is 14.2. The number of likely N-dealkylation sites (tertiary alicyclic amines) is 1. The molecule has 0 radical (unpaired) electrons. The van der Waals surface area contributed by atoms with Crippen molar-refractivity contribution >= 4 is 15.9 Å². The number of halogens is 1. The van der Waals surface area contributed by atoms with Gasteiger partial charge in [0.05, 0.1) is 18.4 Å². The molecule has 0 aliphatic carbocycles. The van der Waals surface area contributed by atoms with E-state index in [1.165, 1.54) is 5.56 Å². The van der Waals surface area contributed by atoms with Crippen molar-refractivity contribution in [2.45, 2.75) is 32.0 Å². The lowest BCUT2D eigenvalue weighted by Crippen LogP contribution is -2.41. The number of hydrogen-bond donors (Lipinski definition) is 1. The van der Waals surface area contributed by atoms with Gasteiger partial charge >= 0.3 is 0 Å². The normalized spacial score (nSPS) is 15.5. The molecule has 152 valence electrons.